The summed E-state index contributed by atoms with van der Waals surface area (Å²) in [6.07, 6.45) is 3.21. The van der Waals surface area contributed by atoms with Gasteiger partial charge in [-0.1, -0.05) is 12.1 Å². The molecule has 0 saturated heterocycles. The number of aryl methyl sites for hydroxylation is 1. The Morgan fingerprint density at radius 2 is 2.20 bits per heavy atom. The lowest BCUT2D eigenvalue weighted by molar-refractivity contribution is -0.118. The summed E-state index contributed by atoms with van der Waals surface area (Å²) in [6.45, 7) is 2.79. The third-order valence-corrected chi connectivity index (χ3v) is 4.04. The monoisotopic (exact) mass is 335 g/mol. The summed E-state index contributed by atoms with van der Waals surface area (Å²) in [7, 11) is 0. The molecular formula is C18H17N5O2. The van der Waals surface area contributed by atoms with Gasteiger partial charge < -0.3 is 15.4 Å². The van der Waals surface area contributed by atoms with Crippen molar-refractivity contribution in [3.8, 4) is 11.4 Å². The number of benzene rings is 2. The number of nitrogens with one attached hydrogen (secondary N) is 2. The SMILES string of the molecule is Cc1cc(CNc2ccc3c(c2)OCC(=O)N3)ccc1-n1cncn1. The molecule has 2 heterocycles. The number of anilines is 2. The van der Waals surface area contributed by atoms with E-state index in [4.69, 9.17) is 4.74 Å². The van der Waals surface area contributed by atoms with Gasteiger partial charge in [0.2, 0.25) is 0 Å². The fourth-order valence-electron chi connectivity index (χ4n) is 2.81. The third-order valence-electron chi connectivity index (χ3n) is 4.04. The molecule has 4 rings (SSSR count). The number of fused-ring (bicyclic) bond motifs is 1. The number of ether oxygens (including phenoxy) is 1. The number of amides is 1. The first-order valence-corrected chi connectivity index (χ1v) is 7.94. The molecular weight excluding hydrogens is 318 g/mol. The van der Waals surface area contributed by atoms with E-state index in [9.17, 15) is 4.79 Å². The fraction of sp³-hybridized carbons (Fsp3) is 0.167. The van der Waals surface area contributed by atoms with Gasteiger partial charge in [-0.2, -0.15) is 5.10 Å². The van der Waals surface area contributed by atoms with Gasteiger partial charge in [0.1, 0.15) is 18.4 Å². The molecule has 2 N–H and O–H groups in total. The standard InChI is InChI=1S/C18H17N5O2/c1-12-6-13(2-5-16(12)23-11-19-10-21-23)8-20-14-3-4-15-17(7-14)25-9-18(24)22-15/h2-7,10-11,20H,8-9H2,1H3,(H,22,24). The Morgan fingerprint density at radius 1 is 1.28 bits per heavy atom. The second-order valence-corrected chi connectivity index (χ2v) is 5.86. The molecule has 3 aromatic rings. The first-order valence-electron chi connectivity index (χ1n) is 7.94. The molecule has 0 radical (unpaired) electrons. The number of carbonyl (C=O) groups is 1. The van der Waals surface area contributed by atoms with E-state index >= 15 is 0 Å². The van der Waals surface area contributed by atoms with Gasteiger partial charge in [-0.25, -0.2) is 9.67 Å². The molecule has 1 amide bonds. The van der Waals surface area contributed by atoms with Crippen LogP contribution in [0, 0.1) is 6.92 Å². The van der Waals surface area contributed by atoms with Crippen LogP contribution in [0.15, 0.2) is 49.1 Å². The van der Waals surface area contributed by atoms with Crippen LogP contribution >= 0.6 is 0 Å². The van der Waals surface area contributed by atoms with Crippen molar-refractivity contribution in [2.45, 2.75) is 13.5 Å². The van der Waals surface area contributed by atoms with E-state index in [-0.39, 0.29) is 12.5 Å². The Labute approximate surface area is 144 Å². The zero-order valence-electron chi connectivity index (χ0n) is 13.7. The molecule has 7 heteroatoms. The summed E-state index contributed by atoms with van der Waals surface area (Å²) in [5.74, 6) is 0.554. The Bertz CT molecular complexity index is 921. The number of aromatic nitrogens is 3. The van der Waals surface area contributed by atoms with E-state index in [1.165, 1.54) is 6.33 Å². The summed E-state index contributed by atoms with van der Waals surface area (Å²) in [5.41, 5.74) is 4.94. The first kappa shape index (κ1) is 15.2. The normalized spacial score (nSPS) is 12.9. The van der Waals surface area contributed by atoms with Crippen LogP contribution in [0.25, 0.3) is 5.69 Å². The van der Waals surface area contributed by atoms with Crippen molar-refractivity contribution in [2.24, 2.45) is 0 Å². The summed E-state index contributed by atoms with van der Waals surface area (Å²) >= 11 is 0. The molecule has 0 aliphatic carbocycles. The van der Waals surface area contributed by atoms with Crippen molar-refractivity contribution < 1.29 is 9.53 Å². The number of rotatable bonds is 4. The number of hydrogen-bond donors (Lipinski definition) is 2. The van der Waals surface area contributed by atoms with Crippen molar-refractivity contribution in [3.63, 3.8) is 0 Å². The molecule has 0 unspecified atom stereocenters. The summed E-state index contributed by atoms with van der Waals surface area (Å²) < 4.78 is 7.19. The van der Waals surface area contributed by atoms with Gasteiger partial charge >= 0.3 is 0 Å². The number of hydrogen-bond acceptors (Lipinski definition) is 5. The number of carbonyl (C=O) groups excluding carboxylic acids is 1. The quantitative estimate of drug-likeness (QED) is 0.766. The van der Waals surface area contributed by atoms with Crippen molar-refractivity contribution in [1.29, 1.82) is 0 Å². The Morgan fingerprint density at radius 3 is 3.00 bits per heavy atom. The maximum absolute atomic E-state index is 11.3. The molecule has 25 heavy (non-hydrogen) atoms. The van der Waals surface area contributed by atoms with E-state index in [1.54, 1.807) is 11.0 Å². The average molecular weight is 335 g/mol. The van der Waals surface area contributed by atoms with Gasteiger partial charge in [-0.15, -0.1) is 0 Å². The Kier molecular flexibility index (Phi) is 3.81. The molecule has 1 aliphatic rings. The number of nitrogens with zero attached hydrogens (tertiary/aromatic N) is 3. The van der Waals surface area contributed by atoms with Gasteiger partial charge in [0.15, 0.2) is 6.61 Å². The van der Waals surface area contributed by atoms with Crippen LogP contribution in [0.4, 0.5) is 11.4 Å². The van der Waals surface area contributed by atoms with E-state index in [0.29, 0.717) is 18.0 Å². The second-order valence-electron chi connectivity index (χ2n) is 5.86. The van der Waals surface area contributed by atoms with E-state index in [1.807, 2.05) is 24.3 Å². The molecule has 0 fully saturated rings. The second kappa shape index (κ2) is 6.27. The highest BCUT2D eigenvalue weighted by Gasteiger charge is 2.15. The largest absolute Gasteiger partial charge is 0.482 e. The summed E-state index contributed by atoms with van der Waals surface area (Å²) in [5, 5.41) is 10.3. The van der Waals surface area contributed by atoms with E-state index < -0.39 is 0 Å². The molecule has 1 aromatic heterocycles. The van der Waals surface area contributed by atoms with E-state index in [0.717, 1.165) is 22.5 Å². The first-order chi connectivity index (χ1) is 12.2. The molecule has 0 atom stereocenters. The van der Waals surface area contributed by atoms with Crippen LogP contribution in [0.5, 0.6) is 5.75 Å². The highest BCUT2D eigenvalue weighted by atomic mass is 16.5. The van der Waals surface area contributed by atoms with Crippen molar-refractivity contribution in [3.05, 3.63) is 60.2 Å². The summed E-state index contributed by atoms with van der Waals surface area (Å²) in [4.78, 5) is 15.3. The van der Waals surface area contributed by atoms with Crippen molar-refractivity contribution in [1.82, 2.24) is 14.8 Å². The highest BCUT2D eigenvalue weighted by Crippen LogP contribution is 2.30. The Balaban J connectivity index is 1.47. The highest BCUT2D eigenvalue weighted by molar-refractivity contribution is 5.95. The zero-order valence-corrected chi connectivity index (χ0v) is 13.7. The third kappa shape index (κ3) is 3.16. The topological polar surface area (TPSA) is 81.1 Å². The van der Waals surface area contributed by atoms with E-state index in [2.05, 4.69) is 39.8 Å². The smallest absolute Gasteiger partial charge is 0.262 e. The van der Waals surface area contributed by atoms with Gasteiger partial charge in [-0.05, 0) is 36.2 Å². The molecule has 2 aromatic carbocycles. The molecule has 0 bridgehead atoms. The maximum atomic E-state index is 11.3. The van der Waals surface area contributed by atoms with Crippen LogP contribution in [0.2, 0.25) is 0 Å². The van der Waals surface area contributed by atoms with Crippen LogP contribution in [0.3, 0.4) is 0 Å². The van der Waals surface area contributed by atoms with Gasteiger partial charge in [-0.3, -0.25) is 4.79 Å². The van der Waals surface area contributed by atoms with Crippen molar-refractivity contribution >= 4 is 17.3 Å². The Hall–Kier alpha value is -3.35. The lowest BCUT2D eigenvalue weighted by Gasteiger charge is -2.19. The maximum Gasteiger partial charge on any atom is 0.262 e. The minimum Gasteiger partial charge on any atom is -0.482 e. The van der Waals surface area contributed by atoms with Gasteiger partial charge in [0, 0.05) is 18.3 Å². The van der Waals surface area contributed by atoms with Crippen molar-refractivity contribution in [2.75, 3.05) is 17.2 Å². The minimum atomic E-state index is -0.129. The predicted molar refractivity (Wildman–Crippen MR) is 94.0 cm³/mol. The molecule has 0 saturated carbocycles. The van der Waals surface area contributed by atoms with Crippen LogP contribution in [0.1, 0.15) is 11.1 Å². The molecule has 0 spiro atoms. The van der Waals surface area contributed by atoms with Gasteiger partial charge in [0.25, 0.3) is 5.91 Å². The molecule has 1 aliphatic heterocycles. The zero-order chi connectivity index (χ0) is 17.2. The van der Waals surface area contributed by atoms with Crippen LogP contribution < -0.4 is 15.4 Å². The lowest BCUT2D eigenvalue weighted by atomic mass is 10.1. The van der Waals surface area contributed by atoms with Crippen LogP contribution in [-0.4, -0.2) is 27.3 Å². The van der Waals surface area contributed by atoms with Gasteiger partial charge in [0.05, 0.1) is 11.4 Å². The average Bonchev–Trinajstić information content (AvgIpc) is 3.14. The minimum absolute atomic E-state index is 0.0550. The molecule has 7 nitrogen and oxygen atoms in total. The lowest BCUT2D eigenvalue weighted by Crippen LogP contribution is -2.25. The predicted octanol–water partition coefficient (Wildman–Crippen LogP) is 2.52. The molecule has 126 valence electrons. The summed E-state index contributed by atoms with van der Waals surface area (Å²) in [6, 6.07) is 11.9. The van der Waals surface area contributed by atoms with Crippen LogP contribution in [-0.2, 0) is 11.3 Å². The fourth-order valence-corrected chi connectivity index (χ4v) is 2.81.